The van der Waals surface area contributed by atoms with E-state index in [0.717, 1.165) is 11.1 Å². The number of hydrogen-bond donors (Lipinski definition) is 1. The molecule has 108 valence electrons. The van der Waals surface area contributed by atoms with Crippen molar-refractivity contribution in [3.05, 3.63) is 59.5 Å². The largest absolute Gasteiger partial charge is 0.440 e. The van der Waals surface area contributed by atoms with Crippen molar-refractivity contribution >= 4 is 27.6 Å². The van der Waals surface area contributed by atoms with E-state index in [4.69, 9.17) is 10.2 Å². The highest BCUT2D eigenvalue weighted by atomic mass is 32.2. The molecule has 2 aromatic carbocycles. The monoisotopic (exact) mass is 300 g/mol. The van der Waals surface area contributed by atoms with Crippen molar-refractivity contribution in [2.75, 3.05) is 5.73 Å². The minimum absolute atomic E-state index is 0.308. The Balaban J connectivity index is 1.75. The number of aryl methyl sites for hydroxylation is 1. The first-order chi connectivity index (χ1) is 10.1. The summed E-state index contributed by atoms with van der Waals surface area (Å²) in [6.45, 7) is 2.02. The molecule has 0 spiro atoms. The average Bonchev–Trinajstić information content (AvgIpc) is 2.82. The van der Waals surface area contributed by atoms with Gasteiger partial charge in [-0.3, -0.25) is 4.21 Å². The third kappa shape index (κ3) is 3.13. The van der Waals surface area contributed by atoms with Crippen LogP contribution in [0.4, 0.5) is 5.69 Å². The number of nitrogens with two attached hydrogens (primary N) is 1. The molecule has 0 saturated heterocycles. The fourth-order valence-electron chi connectivity index (χ4n) is 2.19. The number of aromatic nitrogens is 1. The predicted molar refractivity (Wildman–Crippen MR) is 85.2 cm³/mol. The molecular weight excluding hydrogens is 284 g/mol. The molecule has 0 saturated carbocycles. The highest BCUT2D eigenvalue weighted by Crippen LogP contribution is 2.20. The SMILES string of the molecule is Cc1ccccc1CS(=O)Cc1nc2cc(N)ccc2o1. The van der Waals surface area contributed by atoms with E-state index in [1.54, 1.807) is 18.2 Å². The molecular formula is C16H16N2O2S. The summed E-state index contributed by atoms with van der Waals surface area (Å²) < 4.78 is 17.9. The molecule has 0 aliphatic rings. The van der Waals surface area contributed by atoms with Gasteiger partial charge in [0.25, 0.3) is 0 Å². The van der Waals surface area contributed by atoms with E-state index in [0.29, 0.717) is 34.2 Å². The molecule has 21 heavy (non-hydrogen) atoms. The zero-order valence-electron chi connectivity index (χ0n) is 11.7. The van der Waals surface area contributed by atoms with Gasteiger partial charge >= 0.3 is 0 Å². The minimum atomic E-state index is -1.05. The van der Waals surface area contributed by atoms with Gasteiger partial charge in [-0.2, -0.15) is 0 Å². The number of rotatable bonds is 4. The summed E-state index contributed by atoms with van der Waals surface area (Å²) >= 11 is 0. The second-order valence-electron chi connectivity index (χ2n) is 4.99. The van der Waals surface area contributed by atoms with Crippen molar-refractivity contribution in [2.24, 2.45) is 0 Å². The first-order valence-electron chi connectivity index (χ1n) is 6.66. The summed E-state index contributed by atoms with van der Waals surface area (Å²) in [7, 11) is -1.05. The van der Waals surface area contributed by atoms with Crippen LogP contribution >= 0.6 is 0 Å². The van der Waals surface area contributed by atoms with Crippen LogP contribution in [-0.4, -0.2) is 9.19 Å². The molecule has 0 amide bonds. The number of nitrogens with zero attached hydrogens (tertiary/aromatic N) is 1. The Labute approximate surface area is 125 Å². The van der Waals surface area contributed by atoms with E-state index in [1.807, 2.05) is 31.2 Å². The Morgan fingerprint density at radius 1 is 1.19 bits per heavy atom. The van der Waals surface area contributed by atoms with Crippen molar-refractivity contribution in [1.29, 1.82) is 0 Å². The van der Waals surface area contributed by atoms with Crippen LogP contribution in [-0.2, 0) is 22.3 Å². The first-order valence-corrected chi connectivity index (χ1v) is 8.15. The van der Waals surface area contributed by atoms with Gasteiger partial charge in [0.2, 0.25) is 5.89 Å². The zero-order chi connectivity index (χ0) is 14.8. The molecule has 0 radical (unpaired) electrons. The van der Waals surface area contributed by atoms with E-state index in [9.17, 15) is 4.21 Å². The molecule has 4 nitrogen and oxygen atoms in total. The van der Waals surface area contributed by atoms with Gasteiger partial charge in [0.1, 0.15) is 11.3 Å². The number of hydrogen-bond acceptors (Lipinski definition) is 4. The molecule has 0 aliphatic heterocycles. The predicted octanol–water partition coefficient (Wildman–Crippen LogP) is 3.17. The second-order valence-corrected chi connectivity index (χ2v) is 6.45. The summed E-state index contributed by atoms with van der Waals surface area (Å²) in [5.41, 5.74) is 9.98. The third-order valence-corrected chi connectivity index (χ3v) is 4.52. The molecule has 1 unspecified atom stereocenters. The molecule has 2 N–H and O–H groups in total. The Morgan fingerprint density at radius 2 is 2.00 bits per heavy atom. The smallest absolute Gasteiger partial charge is 0.208 e. The summed E-state index contributed by atoms with van der Waals surface area (Å²) in [4.78, 5) is 4.34. The van der Waals surface area contributed by atoms with E-state index in [2.05, 4.69) is 4.98 Å². The Kier molecular flexibility index (Phi) is 3.75. The van der Waals surface area contributed by atoms with E-state index >= 15 is 0 Å². The number of anilines is 1. The van der Waals surface area contributed by atoms with Gasteiger partial charge in [0, 0.05) is 22.2 Å². The van der Waals surface area contributed by atoms with Crippen LogP contribution in [0.25, 0.3) is 11.1 Å². The molecule has 0 fully saturated rings. The lowest BCUT2D eigenvalue weighted by molar-refractivity contribution is 0.552. The molecule has 1 atom stereocenters. The topological polar surface area (TPSA) is 69.1 Å². The van der Waals surface area contributed by atoms with Crippen molar-refractivity contribution < 1.29 is 8.63 Å². The lowest BCUT2D eigenvalue weighted by Crippen LogP contribution is -2.01. The minimum Gasteiger partial charge on any atom is -0.440 e. The van der Waals surface area contributed by atoms with Crippen LogP contribution in [0.2, 0.25) is 0 Å². The maximum atomic E-state index is 12.3. The molecule has 3 aromatic rings. The lowest BCUT2D eigenvalue weighted by atomic mass is 10.1. The van der Waals surface area contributed by atoms with Crippen LogP contribution < -0.4 is 5.73 Å². The summed E-state index contributed by atoms with van der Waals surface area (Å²) in [6.07, 6.45) is 0. The zero-order valence-corrected chi connectivity index (χ0v) is 12.5. The lowest BCUT2D eigenvalue weighted by Gasteiger charge is -2.04. The Bertz CT molecular complexity index is 811. The van der Waals surface area contributed by atoms with Gasteiger partial charge in [-0.25, -0.2) is 4.98 Å². The third-order valence-electron chi connectivity index (χ3n) is 3.32. The Morgan fingerprint density at radius 3 is 2.81 bits per heavy atom. The fraction of sp³-hybridized carbons (Fsp3) is 0.188. The average molecular weight is 300 g/mol. The normalized spacial score (nSPS) is 12.6. The number of oxazole rings is 1. The van der Waals surface area contributed by atoms with Crippen LogP contribution in [0.1, 0.15) is 17.0 Å². The number of benzene rings is 2. The highest BCUT2D eigenvalue weighted by Gasteiger charge is 2.11. The second kappa shape index (κ2) is 5.69. The fourth-order valence-corrected chi connectivity index (χ4v) is 3.36. The van der Waals surface area contributed by atoms with Crippen molar-refractivity contribution in [3.63, 3.8) is 0 Å². The van der Waals surface area contributed by atoms with Crippen molar-refractivity contribution in [2.45, 2.75) is 18.4 Å². The van der Waals surface area contributed by atoms with Crippen LogP contribution in [0.15, 0.2) is 46.9 Å². The van der Waals surface area contributed by atoms with Crippen LogP contribution in [0, 0.1) is 6.92 Å². The van der Waals surface area contributed by atoms with Gasteiger partial charge in [0.15, 0.2) is 5.58 Å². The molecule has 1 aromatic heterocycles. The van der Waals surface area contributed by atoms with Crippen LogP contribution in [0.3, 0.4) is 0 Å². The van der Waals surface area contributed by atoms with Gasteiger partial charge in [-0.05, 0) is 36.2 Å². The van der Waals surface area contributed by atoms with Gasteiger partial charge in [0.05, 0.1) is 0 Å². The summed E-state index contributed by atoms with van der Waals surface area (Å²) in [5, 5.41) is 0. The molecule has 0 aliphatic carbocycles. The van der Waals surface area contributed by atoms with Crippen LogP contribution in [0.5, 0.6) is 0 Å². The number of nitrogen functional groups attached to an aromatic ring is 1. The standard InChI is InChI=1S/C16H16N2O2S/c1-11-4-2-3-5-12(11)9-21(19)10-16-18-14-8-13(17)6-7-15(14)20-16/h2-8H,9-10,17H2,1H3. The summed E-state index contributed by atoms with van der Waals surface area (Å²) in [6, 6.07) is 13.3. The van der Waals surface area contributed by atoms with Gasteiger partial charge < -0.3 is 10.2 Å². The van der Waals surface area contributed by atoms with Gasteiger partial charge in [-0.1, -0.05) is 24.3 Å². The molecule has 3 rings (SSSR count). The van der Waals surface area contributed by atoms with E-state index in [-0.39, 0.29) is 0 Å². The van der Waals surface area contributed by atoms with Crippen molar-refractivity contribution in [1.82, 2.24) is 4.98 Å². The number of fused-ring (bicyclic) bond motifs is 1. The molecule has 0 bridgehead atoms. The van der Waals surface area contributed by atoms with E-state index in [1.165, 1.54) is 0 Å². The van der Waals surface area contributed by atoms with E-state index < -0.39 is 10.8 Å². The highest BCUT2D eigenvalue weighted by molar-refractivity contribution is 7.83. The van der Waals surface area contributed by atoms with Crippen molar-refractivity contribution in [3.8, 4) is 0 Å². The quantitative estimate of drug-likeness (QED) is 0.751. The summed E-state index contributed by atoms with van der Waals surface area (Å²) in [5.74, 6) is 1.30. The van der Waals surface area contributed by atoms with Gasteiger partial charge in [-0.15, -0.1) is 0 Å². The molecule has 5 heteroatoms. The first kappa shape index (κ1) is 13.8. The maximum Gasteiger partial charge on any atom is 0.208 e. The Hall–Kier alpha value is -2.14. The molecule has 1 heterocycles. The maximum absolute atomic E-state index is 12.3.